The summed E-state index contributed by atoms with van der Waals surface area (Å²) < 4.78 is 53.7. The van der Waals surface area contributed by atoms with E-state index < -0.39 is 17.7 Å². The summed E-state index contributed by atoms with van der Waals surface area (Å²) in [5.41, 5.74) is -0.986. The highest BCUT2D eigenvalue weighted by molar-refractivity contribution is 9.10. The fraction of sp³-hybridized carbons (Fsp3) is 0.357. The molecule has 1 aromatic carbocycles. The number of fused-ring (bicyclic) bond motifs is 1. The standard InChI is InChI=1S/C14H13BrF4N2/c1-3-6-20-11-7(2)13(14(17,18)19)21-12-8(15)4-5-9(16)10(11)12/h4-5H,3,6H2,1-2H3,(H,20,21). The zero-order chi connectivity index (χ0) is 15.8. The molecule has 21 heavy (non-hydrogen) atoms. The lowest BCUT2D eigenvalue weighted by atomic mass is 10.1. The Balaban J connectivity index is 2.86. The molecule has 0 aliphatic rings. The summed E-state index contributed by atoms with van der Waals surface area (Å²) in [6.45, 7) is 3.62. The van der Waals surface area contributed by atoms with Crippen LogP contribution < -0.4 is 5.32 Å². The molecule has 0 saturated carbocycles. The molecule has 0 aliphatic heterocycles. The summed E-state index contributed by atoms with van der Waals surface area (Å²) in [6, 6.07) is 2.56. The fourth-order valence-corrected chi connectivity index (χ4v) is 2.56. The molecule has 114 valence electrons. The molecule has 0 radical (unpaired) electrons. The Morgan fingerprint density at radius 2 is 1.95 bits per heavy atom. The lowest BCUT2D eigenvalue weighted by Gasteiger charge is -2.18. The fourth-order valence-electron chi connectivity index (χ4n) is 2.14. The summed E-state index contributed by atoms with van der Waals surface area (Å²) in [4.78, 5) is 3.62. The quantitative estimate of drug-likeness (QED) is 0.748. The summed E-state index contributed by atoms with van der Waals surface area (Å²) >= 11 is 3.13. The van der Waals surface area contributed by atoms with Crippen LogP contribution >= 0.6 is 15.9 Å². The molecule has 2 aromatic rings. The Labute approximate surface area is 127 Å². The second-order valence-corrected chi connectivity index (χ2v) is 5.49. The molecule has 0 spiro atoms. The first kappa shape index (κ1) is 16.0. The first-order chi connectivity index (χ1) is 9.77. The van der Waals surface area contributed by atoms with Gasteiger partial charge >= 0.3 is 6.18 Å². The number of benzene rings is 1. The second-order valence-electron chi connectivity index (χ2n) is 4.64. The van der Waals surface area contributed by atoms with Crippen LogP contribution in [0.2, 0.25) is 0 Å². The van der Waals surface area contributed by atoms with Crippen LogP contribution in [0.15, 0.2) is 16.6 Å². The van der Waals surface area contributed by atoms with E-state index in [0.29, 0.717) is 17.4 Å². The molecule has 0 atom stereocenters. The highest BCUT2D eigenvalue weighted by Crippen LogP contribution is 2.39. The van der Waals surface area contributed by atoms with Crippen LogP contribution in [0.4, 0.5) is 23.2 Å². The molecule has 2 rings (SSSR count). The van der Waals surface area contributed by atoms with E-state index >= 15 is 0 Å². The van der Waals surface area contributed by atoms with E-state index in [2.05, 4.69) is 26.2 Å². The molecule has 7 heteroatoms. The third kappa shape index (κ3) is 2.97. The topological polar surface area (TPSA) is 24.9 Å². The molecule has 2 nitrogen and oxygen atoms in total. The molecule has 1 heterocycles. The van der Waals surface area contributed by atoms with Crippen molar-refractivity contribution in [2.24, 2.45) is 0 Å². The third-order valence-corrected chi connectivity index (χ3v) is 3.74. The maximum absolute atomic E-state index is 14.1. The van der Waals surface area contributed by atoms with E-state index in [0.717, 1.165) is 0 Å². The van der Waals surface area contributed by atoms with Crippen LogP contribution in [-0.4, -0.2) is 11.5 Å². The minimum Gasteiger partial charge on any atom is -0.384 e. The SMILES string of the molecule is CCCNc1c(C)c(C(F)(F)F)nc2c(Br)ccc(F)c12. The summed E-state index contributed by atoms with van der Waals surface area (Å²) in [5, 5.41) is 2.96. The second kappa shape index (κ2) is 5.79. The number of nitrogens with zero attached hydrogens (tertiary/aromatic N) is 1. The summed E-state index contributed by atoms with van der Waals surface area (Å²) in [7, 11) is 0. The van der Waals surface area contributed by atoms with E-state index in [-0.39, 0.29) is 22.2 Å². The van der Waals surface area contributed by atoms with Crippen molar-refractivity contribution in [2.45, 2.75) is 26.4 Å². The van der Waals surface area contributed by atoms with E-state index in [9.17, 15) is 17.6 Å². The highest BCUT2D eigenvalue weighted by Gasteiger charge is 2.36. The van der Waals surface area contributed by atoms with Crippen molar-refractivity contribution < 1.29 is 17.6 Å². The van der Waals surface area contributed by atoms with Crippen molar-refractivity contribution >= 4 is 32.5 Å². The minimum atomic E-state index is -4.59. The largest absolute Gasteiger partial charge is 0.433 e. The van der Waals surface area contributed by atoms with Gasteiger partial charge in [0.25, 0.3) is 0 Å². The molecule has 0 unspecified atom stereocenters. The van der Waals surface area contributed by atoms with Gasteiger partial charge in [-0.25, -0.2) is 9.37 Å². The Morgan fingerprint density at radius 3 is 2.52 bits per heavy atom. The van der Waals surface area contributed by atoms with Gasteiger partial charge in [-0.05, 0) is 41.4 Å². The van der Waals surface area contributed by atoms with E-state index in [4.69, 9.17) is 0 Å². The van der Waals surface area contributed by atoms with Gasteiger partial charge in [-0.1, -0.05) is 6.92 Å². The molecule has 0 bridgehead atoms. The third-order valence-electron chi connectivity index (χ3n) is 3.10. The summed E-state index contributed by atoms with van der Waals surface area (Å²) in [6.07, 6.45) is -3.88. The zero-order valence-corrected chi connectivity index (χ0v) is 13.0. The van der Waals surface area contributed by atoms with Crippen molar-refractivity contribution in [1.82, 2.24) is 4.98 Å². The number of pyridine rings is 1. The number of aromatic nitrogens is 1. The van der Waals surface area contributed by atoms with E-state index in [1.807, 2.05) is 6.92 Å². The normalized spacial score (nSPS) is 12.0. The number of hydrogen-bond acceptors (Lipinski definition) is 2. The Hall–Kier alpha value is -1.37. The predicted molar refractivity (Wildman–Crippen MR) is 77.9 cm³/mol. The smallest absolute Gasteiger partial charge is 0.384 e. The number of hydrogen-bond donors (Lipinski definition) is 1. The average Bonchev–Trinajstić information content (AvgIpc) is 2.40. The van der Waals surface area contributed by atoms with Gasteiger partial charge in [0.1, 0.15) is 11.5 Å². The minimum absolute atomic E-state index is 0.0356. The van der Waals surface area contributed by atoms with Crippen LogP contribution in [0.25, 0.3) is 10.9 Å². The first-order valence-electron chi connectivity index (χ1n) is 6.36. The van der Waals surface area contributed by atoms with E-state index in [1.165, 1.54) is 19.1 Å². The van der Waals surface area contributed by atoms with E-state index in [1.54, 1.807) is 0 Å². The molecule has 0 aliphatic carbocycles. The Morgan fingerprint density at radius 1 is 1.29 bits per heavy atom. The van der Waals surface area contributed by atoms with Crippen LogP contribution in [-0.2, 0) is 6.18 Å². The van der Waals surface area contributed by atoms with Gasteiger partial charge in [-0.2, -0.15) is 13.2 Å². The number of nitrogens with one attached hydrogen (secondary N) is 1. The molecular formula is C14H13BrF4N2. The van der Waals surface area contributed by atoms with Crippen LogP contribution in [0, 0.1) is 12.7 Å². The van der Waals surface area contributed by atoms with Gasteiger partial charge in [0, 0.05) is 16.6 Å². The van der Waals surface area contributed by atoms with Crippen LogP contribution in [0.5, 0.6) is 0 Å². The molecule has 1 N–H and O–H groups in total. The maximum Gasteiger partial charge on any atom is 0.433 e. The highest BCUT2D eigenvalue weighted by atomic mass is 79.9. The Kier molecular flexibility index (Phi) is 4.41. The number of anilines is 1. The number of alkyl halides is 3. The number of halogens is 5. The Bertz CT molecular complexity index is 683. The summed E-state index contributed by atoms with van der Waals surface area (Å²) in [5.74, 6) is -0.601. The lowest BCUT2D eigenvalue weighted by molar-refractivity contribution is -0.141. The van der Waals surface area contributed by atoms with Crippen molar-refractivity contribution in [3.63, 3.8) is 0 Å². The first-order valence-corrected chi connectivity index (χ1v) is 7.16. The molecule has 1 aromatic heterocycles. The van der Waals surface area contributed by atoms with Crippen molar-refractivity contribution in [2.75, 3.05) is 11.9 Å². The lowest BCUT2D eigenvalue weighted by Crippen LogP contribution is -2.14. The van der Waals surface area contributed by atoms with Gasteiger partial charge in [-0.3, -0.25) is 0 Å². The van der Waals surface area contributed by atoms with Gasteiger partial charge in [0.05, 0.1) is 16.6 Å². The van der Waals surface area contributed by atoms with Crippen LogP contribution in [0.3, 0.4) is 0 Å². The van der Waals surface area contributed by atoms with Gasteiger partial charge in [-0.15, -0.1) is 0 Å². The number of rotatable bonds is 3. The maximum atomic E-state index is 14.1. The van der Waals surface area contributed by atoms with Crippen molar-refractivity contribution in [1.29, 1.82) is 0 Å². The van der Waals surface area contributed by atoms with Crippen LogP contribution in [0.1, 0.15) is 24.6 Å². The van der Waals surface area contributed by atoms with Crippen molar-refractivity contribution in [3.8, 4) is 0 Å². The molecule has 0 saturated heterocycles. The van der Waals surface area contributed by atoms with Gasteiger partial charge < -0.3 is 5.32 Å². The predicted octanol–water partition coefficient (Wildman–Crippen LogP) is 5.29. The molecule has 0 fully saturated rings. The molecule has 0 amide bonds. The zero-order valence-electron chi connectivity index (χ0n) is 11.4. The van der Waals surface area contributed by atoms with Gasteiger partial charge in [0.2, 0.25) is 0 Å². The van der Waals surface area contributed by atoms with Crippen molar-refractivity contribution in [3.05, 3.63) is 33.7 Å². The monoisotopic (exact) mass is 364 g/mol. The average molecular weight is 365 g/mol. The molecular weight excluding hydrogens is 352 g/mol. The van der Waals surface area contributed by atoms with Gasteiger partial charge in [0.15, 0.2) is 0 Å².